The Hall–Kier alpha value is -3.27. The zero-order valence-corrected chi connectivity index (χ0v) is 28.6. The molecule has 3 rings (SSSR count). The van der Waals surface area contributed by atoms with Crippen LogP contribution in [0, 0.1) is 24.2 Å². The molecule has 1 N–H and O–H groups in total. The van der Waals surface area contributed by atoms with E-state index in [-0.39, 0.29) is 35.0 Å². The third-order valence-electron chi connectivity index (χ3n) is 8.58. The summed E-state index contributed by atoms with van der Waals surface area (Å²) in [6, 6.07) is 15.3. The van der Waals surface area contributed by atoms with Crippen LogP contribution in [0.5, 0.6) is 0 Å². The van der Waals surface area contributed by atoms with Gasteiger partial charge in [-0.15, -0.1) is 0 Å². The monoisotopic (exact) mass is 654 g/mol. The normalized spacial score (nSPS) is 21.1. The molecule has 1 aliphatic carbocycles. The molecular formula is C37H50O8S. The number of hydrogen-bond acceptors (Lipinski definition) is 8. The van der Waals surface area contributed by atoms with Crippen molar-refractivity contribution >= 4 is 22.1 Å². The number of esters is 2. The Morgan fingerprint density at radius 1 is 1.02 bits per heavy atom. The van der Waals surface area contributed by atoms with Gasteiger partial charge in [0.2, 0.25) is 0 Å². The van der Waals surface area contributed by atoms with Crippen LogP contribution in [0.4, 0.5) is 0 Å². The molecule has 2 aromatic rings. The lowest BCUT2D eigenvalue weighted by molar-refractivity contribution is -0.150. The Balaban J connectivity index is 1.91. The predicted octanol–water partition coefficient (Wildman–Crippen LogP) is 7.35. The maximum Gasteiger partial charge on any atom is 0.338 e. The van der Waals surface area contributed by atoms with Crippen molar-refractivity contribution in [1.29, 1.82) is 0 Å². The molecule has 8 nitrogen and oxygen atoms in total. The quantitative estimate of drug-likeness (QED) is 0.107. The number of aliphatic hydroxyl groups is 1. The molecule has 46 heavy (non-hydrogen) atoms. The third kappa shape index (κ3) is 11.2. The van der Waals surface area contributed by atoms with Crippen LogP contribution in [0.15, 0.2) is 83.8 Å². The number of benzene rings is 2. The van der Waals surface area contributed by atoms with Gasteiger partial charge in [-0.05, 0) is 68.7 Å². The average molecular weight is 655 g/mol. The fourth-order valence-electron chi connectivity index (χ4n) is 5.78. The minimum atomic E-state index is -4.10. The van der Waals surface area contributed by atoms with Crippen molar-refractivity contribution in [2.45, 2.75) is 102 Å². The SMILES string of the molecule is CCCCC(C)(C)C/C=C/[C@@H]1[C@@H](C/C=C\CCC(O)C(=O)OC)[C@@H](OC(=O)c2ccccc2)C[C@@H]1OS(=O)(=O)c1ccc(C)cc1. The van der Waals surface area contributed by atoms with Crippen LogP contribution in [0.1, 0.15) is 88.1 Å². The second-order valence-electron chi connectivity index (χ2n) is 12.9. The number of hydrogen-bond donors (Lipinski definition) is 1. The van der Waals surface area contributed by atoms with Crippen LogP contribution in [0.25, 0.3) is 0 Å². The fraction of sp³-hybridized carbons (Fsp3) is 0.514. The highest BCUT2D eigenvalue weighted by molar-refractivity contribution is 7.86. The second kappa shape index (κ2) is 17.6. The molecule has 0 aromatic heterocycles. The van der Waals surface area contributed by atoms with E-state index in [0.29, 0.717) is 18.4 Å². The minimum Gasteiger partial charge on any atom is -0.467 e. The summed E-state index contributed by atoms with van der Waals surface area (Å²) in [5.41, 5.74) is 1.42. The van der Waals surface area contributed by atoms with Gasteiger partial charge in [0.15, 0.2) is 6.10 Å². The lowest BCUT2D eigenvalue weighted by atomic mass is 9.82. The highest BCUT2D eigenvalue weighted by atomic mass is 32.2. The van der Waals surface area contributed by atoms with Gasteiger partial charge in [-0.2, -0.15) is 8.42 Å². The molecule has 5 atom stereocenters. The van der Waals surface area contributed by atoms with Gasteiger partial charge in [-0.1, -0.05) is 93.8 Å². The van der Waals surface area contributed by atoms with E-state index in [9.17, 15) is 23.1 Å². The number of methoxy groups -OCH3 is 1. The Labute approximate surface area is 275 Å². The highest BCUT2D eigenvalue weighted by Crippen LogP contribution is 2.42. The summed E-state index contributed by atoms with van der Waals surface area (Å²) >= 11 is 0. The maximum atomic E-state index is 13.5. The van der Waals surface area contributed by atoms with Crippen molar-refractivity contribution in [2.24, 2.45) is 17.3 Å². The molecule has 1 aliphatic rings. The molecule has 1 fully saturated rings. The van der Waals surface area contributed by atoms with Gasteiger partial charge >= 0.3 is 11.9 Å². The summed E-state index contributed by atoms with van der Waals surface area (Å²) in [4.78, 5) is 24.8. The minimum absolute atomic E-state index is 0.0739. The van der Waals surface area contributed by atoms with E-state index in [1.54, 1.807) is 36.4 Å². The van der Waals surface area contributed by atoms with E-state index in [1.807, 2.05) is 31.2 Å². The molecule has 0 radical (unpaired) electrons. The van der Waals surface area contributed by atoms with E-state index in [0.717, 1.165) is 31.2 Å². The van der Waals surface area contributed by atoms with E-state index in [1.165, 1.54) is 19.2 Å². The van der Waals surface area contributed by atoms with Gasteiger partial charge < -0.3 is 14.6 Å². The number of aryl methyl sites for hydroxylation is 1. The Morgan fingerprint density at radius 2 is 1.72 bits per heavy atom. The summed E-state index contributed by atoms with van der Waals surface area (Å²) in [5.74, 6) is -1.80. The second-order valence-corrected chi connectivity index (χ2v) is 14.5. The van der Waals surface area contributed by atoms with Gasteiger partial charge in [0.1, 0.15) is 6.10 Å². The molecule has 0 spiro atoms. The number of unbranched alkanes of at least 4 members (excludes halogenated alkanes) is 1. The van der Waals surface area contributed by atoms with Gasteiger partial charge in [0.05, 0.1) is 23.7 Å². The third-order valence-corrected chi connectivity index (χ3v) is 9.93. The van der Waals surface area contributed by atoms with Gasteiger partial charge in [-0.25, -0.2) is 9.59 Å². The molecule has 9 heteroatoms. The zero-order chi connectivity index (χ0) is 33.7. The number of carbonyl (C=O) groups is 2. The van der Waals surface area contributed by atoms with Crippen molar-refractivity contribution in [3.8, 4) is 0 Å². The van der Waals surface area contributed by atoms with E-state index in [4.69, 9.17) is 8.92 Å². The number of allylic oxidation sites excluding steroid dienone is 3. The lowest BCUT2D eigenvalue weighted by Crippen LogP contribution is -2.26. The summed E-state index contributed by atoms with van der Waals surface area (Å²) in [6.45, 7) is 8.51. The molecule has 2 aromatic carbocycles. The molecule has 0 amide bonds. The number of aliphatic hydroxyl groups excluding tert-OH is 1. The Bertz CT molecular complexity index is 1410. The van der Waals surface area contributed by atoms with E-state index >= 15 is 0 Å². The highest BCUT2D eigenvalue weighted by Gasteiger charge is 2.46. The van der Waals surface area contributed by atoms with Crippen LogP contribution in [-0.4, -0.2) is 50.9 Å². The number of ether oxygens (including phenoxy) is 2. The van der Waals surface area contributed by atoms with Crippen LogP contribution in [-0.2, 0) is 28.6 Å². The first-order valence-electron chi connectivity index (χ1n) is 16.2. The summed E-state index contributed by atoms with van der Waals surface area (Å²) < 4.78 is 43.5. The first-order chi connectivity index (χ1) is 21.9. The summed E-state index contributed by atoms with van der Waals surface area (Å²) in [6.07, 6.45) is 10.8. The number of rotatable bonds is 17. The molecule has 1 unspecified atom stereocenters. The van der Waals surface area contributed by atoms with Gasteiger partial charge in [0, 0.05) is 18.3 Å². The molecule has 1 saturated carbocycles. The van der Waals surface area contributed by atoms with Crippen LogP contribution in [0.2, 0.25) is 0 Å². The largest absolute Gasteiger partial charge is 0.467 e. The average Bonchev–Trinajstić information content (AvgIpc) is 3.33. The van der Waals surface area contributed by atoms with Crippen molar-refractivity contribution < 1.29 is 36.8 Å². The molecule has 0 heterocycles. The molecule has 252 valence electrons. The van der Waals surface area contributed by atoms with Crippen molar-refractivity contribution in [1.82, 2.24) is 0 Å². The van der Waals surface area contributed by atoms with Crippen LogP contribution in [0.3, 0.4) is 0 Å². The van der Waals surface area contributed by atoms with Crippen molar-refractivity contribution in [3.63, 3.8) is 0 Å². The van der Waals surface area contributed by atoms with Crippen molar-refractivity contribution in [3.05, 3.63) is 90.0 Å². The maximum absolute atomic E-state index is 13.5. The van der Waals surface area contributed by atoms with Gasteiger partial charge in [0.25, 0.3) is 10.1 Å². The topological polar surface area (TPSA) is 116 Å². The Morgan fingerprint density at radius 3 is 2.37 bits per heavy atom. The van der Waals surface area contributed by atoms with Crippen LogP contribution < -0.4 is 0 Å². The zero-order valence-electron chi connectivity index (χ0n) is 27.8. The predicted molar refractivity (Wildman–Crippen MR) is 179 cm³/mol. The lowest BCUT2D eigenvalue weighted by Gasteiger charge is -2.25. The number of carbonyl (C=O) groups excluding carboxylic acids is 2. The first-order valence-corrected chi connectivity index (χ1v) is 17.6. The summed E-state index contributed by atoms with van der Waals surface area (Å²) in [7, 11) is -2.87. The Kier molecular flexibility index (Phi) is 14.2. The first kappa shape index (κ1) is 37.2. The molecule has 0 saturated heterocycles. The molecular weight excluding hydrogens is 604 g/mol. The standard InChI is InChI=1S/C37H50O8S/c1-6-7-24-37(3,4)25-14-18-31-30(17-12-9-13-19-32(38)36(40)43-5)33(44-35(39)28-15-10-8-11-16-28)26-34(31)45-46(41,42)29-22-20-27(2)21-23-29/h8-12,14-16,18,20-23,30-34,38H,6-7,13,17,19,24-26H2,1-5H3/b12-9-,18-14+/t30-,31-,32?,33+,34+/m1/s1. The molecule has 0 aliphatic heterocycles. The van der Waals surface area contributed by atoms with Crippen molar-refractivity contribution in [2.75, 3.05) is 7.11 Å². The van der Waals surface area contributed by atoms with Gasteiger partial charge in [-0.3, -0.25) is 4.18 Å². The fourth-order valence-corrected chi connectivity index (χ4v) is 6.90. The van der Waals surface area contributed by atoms with E-state index < -0.39 is 40.4 Å². The van der Waals surface area contributed by atoms with Crippen LogP contribution >= 0.6 is 0 Å². The molecule has 0 bridgehead atoms. The summed E-state index contributed by atoms with van der Waals surface area (Å²) in [5, 5.41) is 9.94. The van der Waals surface area contributed by atoms with E-state index in [2.05, 4.69) is 31.6 Å². The smallest absolute Gasteiger partial charge is 0.338 e.